The summed E-state index contributed by atoms with van der Waals surface area (Å²) >= 11 is 0. The number of nitrogens with one attached hydrogen (secondary N) is 1. The van der Waals surface area contributed by atoms with Crippen molar-refractivity contribution in [3.8, 4) is 11.5 Å². The Morgan fingerprint density at radius 3 is 3.06 bits per heavy atom. The first-order valence-electron chi connectivity index (χ1n) is 6.20. The predicted octanol–water partition coefficient (Wildman–Crippen LogP) is 2.52. The third-order valence-electron chi connectivity index (χ3n) is 3.48. The zero-order valence-corrected chi connectivity index (χ0v) is 9.73. The molecule has 1 aromatic carbocycles. The molecule has 2 N–H and O–H groups in total. The van der Waals surface area contributed by atoms with E-state index >= 15 is 0 Å². The third kappa shape index (κ3) is 2.15. The van der Waals surface area contributed by atoms with Gasteiger partial charge in [0.15, 0.2) is 0 Å². The lowest BCUT2D eigenvalue weighted by atomic mass is 9.99. The summed E-state index contributed by atoms with van der Waals surface area (Å²) in [6, 6.07) is 6.19. The van der Waals surface area contributed by atoms with Gasteiger partial charge in [-0.15, -0.1) is 0 Å². The fraction of sp³-hybridized carbons (Fsp3) is 0.429. The summed E-state index contributed by atoms with van der Waals surface area (Å²) in [6.07, 6.45) is 7.95. The number of aromatic hydroxyl groups is 1. The molecule has 0 fully saturated rings. The van der Waals surface area contributed by atoms with Crippen LogP contribution in [0.3, 0.4) is 0 Å². The zero-order chi connectivity index (χ0) is 11.7. The fourth-order valence-electron chi connectivity index (χ4n) is 2.57. The number of hydrogen-bond acceptors (Lipinski definition) is 3. The number of hydrogen-bond donors (Lipinski definition) is 2. The van der Waals surface area contributed by atoms with Crippen molar-refractivity contribution in [1.29, 1.82) is 0 Å². The topological polar surface area (TPSA) is 41.5 Å². The van der Waals surface area contributed by atoms with Gasteiger partial charge in [0.2, 0.25) is 0 Å². The van der Waals surface area contributed by atoms with E-state index in [-0.39, 0.29) is 11.8 Å². The Morgan fingerprint density at radius 1 is 1.29 bits per heavy atom. The highest BCUT2D eigenvalue weighted by atomic mass is 16.5. The second-order valence-electron chi connectivity index (χ2n) is 4.73. The fourth-order valence-corrected chi connectivity index (χ4v) is 2.57. The summed E-state index contributed by atoms with van der Waals surface area (Å²) in [5.41, 5.74) is 1.16. The van der Waals surface area contributed by atoms with Crippen LogP contribution in [0.4, 0.5) is 0 Å². The van der Waals surface area contributed by atoms with Gasteiger partial charge in [0.05, 0.1) is 6.04 Å². The molecule has 1 aromatic rings. The Kier molecular flexibility index (Phi) is 2.77. The lowest BCUT2D eigenvalue weighted by Crippen LogP contribution is -2.34. The number of fused-ring (bicyclic) bond motifs is 1. The van der Waals surface area contributed by atoms with Crippen LogP contribution in [-0.2, 0) is 0 Å². The van der Waals surface area contributed by atoms with Gasteiger partial charge < -0.3 is 15.2 Å². The summed E-state index contributed by atoms with van der Waals surface area (Å²) in [6.45, 7) is 0.666. The van der Waals surface area contributed by atoms with Crippen LogP contribution in [0.2, 0.25) is 0 Å². The van der Waals surface area contributed by atoms with Crippen molar-refractivity contribution >= 4 is 0 Å². The molecular formula is C14H17NO2. The van der Waals surface area contributed by atoms with Crippen LogP contribution >= 0.6 is 0 Å². The van der Waals surface area contributed by atoms with Gasteiger partial charge in [-0.05, 0) is 31.4 Å². The molecule has 3 heteroatoms. The highest BCUT2D eigenvalue weighted by Crippen LogP contribution is 2.35. The monoisotopic (exact) mass is 231 g/mol. The van der Waals surface area contributed by atoms with Gasteiger partial charge in [0, 0.05) is 17.7 Å². The van der Waals surface area contributed by atoms with Crippen LogP contribution in [0.5, 0.6) is 11.5 Å². The largest absolute Gasteiger partial charge is 0.508 e. The molecule has 0 spiro atoms. The average Bonchev–Trinajstić information content (AvgIpc) is 2.73. The number of allylic oxidation sites excluding steroid dienone is 1. The summed E-state index contributed by atoms with van der Waals surface area (Å²) in [7, 11) is 0. The first kappa shape index (κ1) is 10.7. The van der Waals surface area contributed by atoms with E-state index in [2.05, 4.69) is 17.5 Å². The van der Waals surface area contributed by atoms with Crippen LogP contribution in [-0.4, -0.2) is 17.8 Å². The van der Waals surface area contributed by atoms with Crippen molar-refractivity contribution < 1.29 is 9.84 Å². The highest BCUT2D eigenvalue weighted by molar-refractivity contribution is 5.44. The quantitative estimate of drug-likeness (QED) is 0.768. The van der Waals surface area contributed by atoms with Gasteiger partial charge in [0.25, 0.3) is 0 Å². The van der Waals surface area contributed by atoms with Gasteiger partial charge in [0.1, 0.15) is 18.1 Å². The molecule has 0 bridgehead atoms. The van der Waals surface area contributed by atoms with Crippen LogP contribution < -0.4 is 10.1 Å². The van der Waals surface area contributed by atoms with E-state index in [0.29, 0.717) is 12.6 Å². The molecule has 2 atom stereocenters. The molecule has 0 saturated carbocycles. The molecular weight excluding hydrogens is 214 g/mol. The molecule has 90 valence electrons. The number of phenols is 1. The van der Waals surface area contributed by atoms with Crippen molar-refractivity contribution in [2.75, 3.05) is 6.61 Å². The first-order chi connectivity index (χ1) is 8.33. The molecule has 1 aliphatic carbocycles. The standard InChI is InChI=1S/C14H17NO2/c16-11-6-7-12-13(9-17-14(12)8-11)15-10-4-2-1-3-5-10/h1-2,6-8,10,13,15-16H,3-5,9H2. The van der Waals surface area contributed by atoms with Crippen molar-refractivity contribution in [3.63, 3.8) is 0 Å². The number of rotatable bonds is 2. The Labute approximate surface area is 101 Å². The summed E-state index contributed by atoms with van der Waals surface area (Å²) in [5, 5.41) is 13.0. The van der Waals surface area contributed by atoms with Crippen molar-refractivity contribution in [1.82, 2.24) is 5.32 Å². The number of benzene rings is 1. The third-order valence-corrected chi connectivity index (χ3v) is 3.48. The molecule has 2 unspecified atom stereocenters. The van der Waals surface area contributed by atoms with Crippen LogP contribution in [0, 0.1) is 0 Å². The van der Waals surface area contributed by atoms with Crippen LogP contribution in [0.15, 0.2) is 30.4 Å². The second-order valence-corrected chi connectivity index (χ2v) is 4.73. The summed E-state index contributed by atoms with van der Waals surface area (Å²) in [5.74, 6) is 1.08. The molecule has 3 nitrogen and oxygen atoms in total. The zero-order valence-electron chi connectivity index (χ0n) is 9.73. The predicted molar refractivity (Wildman–Crippen MR) is 66.3 cm³/mol. The Hall–Kier alpha value is -1.48. The van der Waals surface area contributed by atoms with Crippen LogP contribution in [0.25, 0.3) is 0 Å². The van der Waals surface area contributed by atoms with Crippen LogP contribution in [0.1, 0.15) is 30.9 Å². The normalized spacial score (nSPS) is 26.6. The van der Waals surface area contributed by atoms with Crippen molar-refractivity contribution in [2.45, 2.75) is 31.3 Å². The van der Waals surface area contributed by atoms with E-state index in [1.54, 1.807) is 12.1 Å². The van der Waals surface area contributed by atoms with E-state index in [4.69, 9.17) is 4.74 Å². The van der Waals surface area contributed by atoms with Gasteiger partial charge in [-0.1, -0.05) is 12.2 Å². The van der Waals surface area contributed by atoms with Gasteiger partial charge in [-0.3, -0.25) is 0 Å². The smallest absolute Gasteiger partial charge is 0.127 e. The van der Waals surface area contributed by atoms with Gasteiger partial charge in [-0.2, -0.15) is 0 Å². The molecule has 0 amide bonds. The molecule has 1 heterocycles. The minimum Gasteiger partial charge on any atom is -0.508 e. The summed E-state index contributed by atoms with van der Waals surface area (Å²) < 4.78 is 5.59. The van der Waals surface area contributed by atoms with Gasteiger partial charge >= 0.3 is 0 Å². The lowest BCUT2D eigenvalue weighted by Gasteiger charge is -2.23. The number of ether oxygens (including phenoxy) is 1. The first-order valence-corrected chi connectivity index (χ1v) is 6.20. The second kappa shape index (κ2) is 4.41. The molecule has 3 rings (SSSR count). The minimum atomic E-state index is 0.266. The molecule has 0 radical (unpaired) electrons. The van der Waals surface area contributed by atoms with E-state index in [1.807, 2.05) is 6.07 Å². The molecule has 17 heavy (non-hydrogen) atoms. The number of phenolic OH excluding ortho intramolecular Hbond substituents is 1. The molecule has 0 aromatic heterocycles. The SMILES string of the molecule is Oc1ccc2c(c1)OCC2NC1CC=CCC1. The minimum absolute atomic E-state index is 0.266. The van der Waals surface area contributed by atoms with Crippen molar-refractivity contribution in [3.05, 3.63) is 35.9 Å². The maximum atomic E-state index is 9.39. The summed E-state index contributed by atoms with van der Waals surface area (Å²) in [4.78, 5) is 0. The molecule has 0 saturated heterocycles. The van der Waals surface area contributed by atoms with E-state index in [9.17, 15) is 5.11 Å². The Balaban J connectivity index is 1.73. The molecule has 2 aliphatic rings. The van der Waals surface area contributed by atoms with E-state index in [1.165, 1.54) is 6.42 Å². The Morgan fingerprint density at radius 2 is 2.24 bits per heavy atom. The lowest BCUT2D eigenvalue weighted by molar-refractivity contribution is 0.291. The highest BCUT2D eigenvalue weighted by Gasteiger charge is 2.26. The maximum absolute atomic E-state index is 9.39. The molecule has 1 aliphatic heterocycles. The van der Waals surface area contributed by atoms with Gasteiger partial charge in [-0.25, -0.2) is 0 Å². The Bertz CT molecular complexity index is 442. The van der Waals surface area contributed by atoms with E-state index < -0.39 is 0 Å². The average molecular weight is 231 g/mol. The van der Waals surface area contributed by atoms with E-state index in [0.717, 1.165) is 24.2 Å². The van der Waals surface area contributed by atoms with Crippen molar-refractivity contribution in [2.24, 2.45) is 0 Å². The maximum Gasteiger partial charge on any atom is 0.127 e.